The molecule has 0 aromatic carbocycles. The van der Waals surface area contributed by atoms with Crippen LogP contribution in [0.25, 0.3) is 0 Å². The Morgan fingerprint density at radius 1 is 1.75 bits per heavy atom. The third-order valence-electron chi connectivity index (χ3n) is 0.270. The van der Waals surface area contributed by atoms with Crippen LogP contribution in [0.2, 0.25) is 0 Å². The Balaban J connectivity index is 0. The van der Waals surface area contributed by atoms with Crippen LogP contribution in [-0.4, -0.2) is 17.7 Å². The molecule has 0 heterocycles. The van der Waals surface area contributed by atoms with Gasteiger partial charge in [0, 0.05) is 0 Å². The Hall–Kier alpha value is -0.0100. The molecule has 0 aliphatic heterocycles. The summed E-state index contributed by atoms with van der Waals surface area (Å²) in [7, 11) is 0. The zero-order valence-corrected chi connectivity index (χ0v) is 6.47. The van der Waals surface area contributed by atoms with Gasteiger partial charge in [-0.2, -0.15) is 0 Å². The minimum atomic E-state index is -1.46. The number of hydrogen-bond donors (Lipinski definition) is 1. The van der Waals surface area contributed by atoms with Gasteiger partial charge in [0.2, 0.25) is 0 Å². The normalized spacial score (nSPS) is 5.62. The van der Waals surface area contributed by atoms with E-state index in [9.17, 15) is 9.90 Å². The van der Waals surface area contributed by atoms with Gasteiger partial charge in [-0.3, -0.25) is 0 Å². The first-order valence-corrected chi connectivity index (χ1v) is 1.58. The summed E-state index contributed by atoms with van der Waals surface area (Å²) in [6, 6.07) is 0. The van der Waals surface area contributed by atoms with E-state index in [0.717, 1.165) is 0 Å². The first-order chi connectivity index (χ1) is 3.27. The molecule has 0 unspecified atom stereocenters. The van der Waals surface area contributed by atoms with Crippen LogP contribution in [0, 0.1) is 11.8 Å². The smallest absolute Gasteiger partial charge is 0.537 e. The molecule has 0 saturated carbocycles. The Kier molecular flexibility index (Phi) is 9.51. The fraction of sp³-hybridized carbons (Fsp3) is 0.250. The van der Waals surface area contributed by atoms with Gasteiger partial charge in [-0.1, -0.05) is 5.92 Å². The molecule has 0 aliphatic rings. The number of hydrogen-bond acceptors (Lipinski definition) is 3. The molecule has 0 aromatic heterocycles. The summed E-state index contributed by atoms with van der Waals surface area (Å²) in [5.41, 5.74) is 0. The number of carboxylic acids is 1. The van der Waals surface area contributed by atoms with Crippen molar-refractivity contribution in [3.63, 3.8) is 0 Å². The van der Waals surface area contributed by atoms with Gasteiger partial charge in [0.1, 0.15) is 12.6 Å². The predicted molar refractivity (Wildman–Crippen MR) is 19.9 cm³/mol. The Morgan fingerprint density at radius 3 is 2.38 bits per heavy atom. The number of carboxylic acid groups (broad SMARTS) is 1. The van der Waals surface area contributed by atoms with Crippen molar-refractivity contribution < 1.29 is 44.6 Å². The quantitative estimate of drug-likeness (QED) is 0.258. The second-order valence-electron chi connectivity index (χ2n) is 0.747. The van der Waals surface area contributed by atoms with Gasteiger partial charge in [-0.05, 0) is 5.92 Å². The van der Waals surface area contributed by atoms with E-state index >= 15 is 0 Å². The number of rotatable bonds is 0. The largest absolute Gasteiger partial charge is 1.00 e. The average molecular weight is 122 g/mol. The van der Waals surface area contributed by atoms with Gasteiger partial charge < -0.3 is 15.0 Å². The SMILES string of the molecule is O=C([O-])C#CCO.[Na+]. The first kappa shape index (κ1) is 10.9. The summed E-state index contributed by atoms with van der Waals surface area (Å²) < 4.78 is 0. The summed E-state index contributed by atoms with van der Waals surface area (Å²) in [6.45, 7) is -0.437. The number of carbonyl (C=O) groups is 1. The second-order valence-corrected chi connectivity index (χ2v) is 0.747. The van der Waals surface area contributed by atoms with Crippen molar-refractivity contribution in [3.05, 3.63) is 0 Å². The predicted octanol–water partition coefficient (Wildman–Crippen LogP) is -5.26. The van der Waals surface area contributed by atoms with Crippen molar-refractivity contribution in [3.8, 4) is 11.8 Å². The molecule has 1 N–H and O–H groups in total. The molecular formula is C4H3NaO3. The standard InChI is InChI=1S/C4H4O3.Na/c5-3-1-2-4(6)7;/h5H,3H2,(H,6,7);/q;+1/p-1. The Labute approximate surface area is 69.0 Å². The van der Waals surface area contributed by atoms with E-state index in [0.29, 0.717) is 0 Å². The molecule has 0 saturated heterocycles. The minimum absolute atomic E-state index is 0. The van der Waals surface area contributed by atoms with Gasteiger partial charge in [0.05, 0.1) is 0 Å². The monoisotopic (exact) mass is 122 g/mol. The van der Waals surface area contributed by atoms with Crippen molar-refractivity contribution in [2.24, 2.45) is 0 Å². The average Bonchev–Trinajstić information content (AvgIpc) is 1.61. The summed E-state index contributed by atoms with van der Waals surface area (Å²) in [6.07, 6.45) is 0. The molecule has 0 radical (unpaired) electrons. The van der Waals surface area contributed by atoms with E-state index in [2.05, 4.69) is 0 Å². The van der Waals surface area contributed by atoms with Crippen molar-refractivity contribution in [1.82, 2.24) is 0 Å². The maximum atomic E-state index is 9.36. The van der Waals surface area contributed by atoms with Crippen LogP contribution >= 0.6 is 0 Å². The molecule has 0 amide bonds. The van der Waals surface area contributed by atoms with Crippen molar-refractivity contribution in [2.45, 2.75) is 0 Å². The zero-order valence-electron chi connectivity index (χ0n) is 4.47. The first-order valence-electron chi connectivity index (χ1n) is 1.58. The third kappa shape index (κ3) is 9.37. The van der Waals surface area contributed by atoms with Crippen LogP contribution < -0.4 is 34.7 Å². The van der Waals surface area contributed by atoms with Crippen molar-refractivity contribution >= 4 is 5.97 Å². The van der Waals surface area contributed by atoms with Crippen LogP contribution in [0.1, 0.15) is 0 Å². The van der Waals surface area contributed by atoms with Crippen molar-refractivity contribution in [2.75, 3.05) is 6.61 Å². The molecule has 4 heteroatoms. The second kappa shape index (κ2) is 6.99. The fourth-order valence-corrected chi connectivity index (χ4v) is 0.112. The molecule has 0 aromatic rings. The summed E-state index contributed by atoms with van der Waals surface area (Å²) in [5.74, 6) is 2.03. The Bertz CT molecular complexity index is 121. The van der Waals surface area contributed by atoms with E-state index in [1.165, 1.54) is 0 Å². The number of carbonyl (C=O) groups excluding carboxylic acids is 1. The topological polar surface area (TPSA) is 60.4 Å². The minimum Gasteiger partial charge on any atom is -0.537 e. The van der Waals surface area contributed by atoms with E-state index in [4.69, 9.17) is 5.11 Å². The summed E-state index contributed by atoms with van der Waals surface area (Å²) in [5, 5.41) is 17.2. The number of aliphatic carboxylic acids is 1. The summed E-state index contributed by atoms with van der Waals surface area (Å²) >= 11 is 0. The number of aliphatic hydroxyl groups is 1. The van der Waals surface area contributed by atoms with Crippen molar-refractivity contribution in [1.29, 1.82) is 0 Å². The molecule has 8 heavy (non-hydrogen) atoms. The molecule has 0 aliphatic carbocycles. The van der Waals surface area contributed by atoms with Gasteiger partial charge in [-0.25, -0.2) is 0 Å². The maximum Gasteiger partial charge on any atom is 1.00 e. The van der Waals surface area contributed by atoms with E-state index < -0.39 is 12.6 Å². The van der Waals surface area contributed by atoms with E-state index in [1.54, 1.807) is 5.92 Å². The molecule has 0 rings (SSSR count). The molecule has 0 atom stereocenters. The van der Waals surface area contributed by atoms with E-state index in [1.807, 2.05) is 5.92 Å². The van der Waals surface area contributed by atoms with Crippen LogP contribution in [0.15, 0.2) is 0 Å². The van der Waals surface area contributed by atoms with Gasteiger partial charge in [0.15, 0.2) is 0 Å². The Morgan fingerprint density at radius 2 is 2.25 bits per heavy atom. The molecule has 3 nitrogen and oxygen atoms in total. The molecule has 0 spiro atoms. The fourth-order valence-electron chi connectivity index (χ4n) is 0.112. The zero-order chi connectivity index (χ0) is 5.70. The maximum absolute atomic E-state index is 9.36. The van der Waals surface area contributed by atoms with E-state index in [-0.39, 0.29) is 29.6 Å². The molecule has 0 bridgehead atoms. The van der Waals surface area contributed by atoms with Gasteiger partial charge in [0.25, 0.3) is 0 Å². The van der Waals surface area contributed by atoms with Gasteiger partial charge in [-0.15, -0.1) is 0 Å². The van der Waals surface area contributed by atoms with Crippen LogP contribution in [0.5, 0.6) is 0 Å². The van der Waals surface area contributed by atoms with Gasteiger partial charge >= 0.3 is 29.6 Å². The van der Waals surface area contributed by atoms with Crippen LogP contribution in [0.4, 0.5) is 0 Å². The number of aliphatic hydroxyl groups excluding tert-OH is 1. The molecule has 0 fully saturated rings. The molecular weight excluding hydrogens is 119 g/mol. The third-order valence-corrected chi connectivity index (χ3v) is 0.270. The molecule has 38 valence electrons. The van der Waals surface area contributed by atoms with Crippen LogP contribution in [0.3, 0.4) is 0 Å². The summed E-state index contributed by atoms with van der Waals surface area (Å²) in [4.78, 5) is 9.36. The van der Waals surface area contributed by atoms with Crippen LogP contribution in [-0.2, 0) is 4.79 Å².